The molecule has 156 valence electrons. The molecule has 0 saturated carbocycles. The minimum absolute atomic E-state index is 0.120. The van der Waals surface area contributed by atoms with Crippen LogP contribution in [0.3, 0.4) is 0 Å². The normalized spacial score (nSPS) is 11.1. The largest absolute Gasteiger partial charge is 0.493 e. The van der Waals surface area contributed by atoms with Crippen molar-refractivity contribution in [1.82, 2.24) is 0 Å². The highest BCUT2D eigenvalue weighted by molar-refractivity contribution is 6.55. The maximum absolute atomic E-state index is 8.77. The second-order valence-corrected chi connectivity index (χ2v) is 7.60. The molecule has 29 heavy (non-hydrogen) atoms. The van der Waals surface area contributed by atoms with Gasteiger partial charge in [-0.05, 0) is 42.8 Å². The fourth-order valence-electron chi connectivity index (χ4n) is 2.23. The van der Waals surface area contributed by atoms with E-state index in [0.29, 0.717) is 52.6 Å². The molecule has 2 aromatic rings. The lowest BCUT2D eigenvalue weighted by Gasteiger charge is -2.12. The molecule has 0 amide bonds. The van der Waals surface area contributed by atoms with Crippen molar-refractivity contribution in [2.24, 2.45) is 5.16 Å². The van der Waals surface area contributed by atoms with Crippen molar-refractivity contribution in [3.8, 4) is 17.2 Å². The smallest absolute Gasteiger partial charge is 0.156 e. The summed E-state index contributed by atoms with van der Waals surface area (Å²) in [7, 11) is 0. The van der Waals surface area contributed by atoms with Crippen LogP contribution in [0.25, 0.3) is 0 Å². The van der Waals surface area contributed by atoms with E-state index >= 15 is 0 Å². The number of halogens is 4. The predicted molar refractivity (Wildman–Crippen MR) is 118 cm³/mol. The zero-order chi connectivity index (χ0) is 21.2. The Balaban J connectivity index is 1.79. The van der Waals surface area contributed by atoms with Crippen LogP contribution >= 0.6 is 46.4 Å². The third-order valence-corrected chi connectivity index (χ3v) is 4.56. The number of rotatable bonds is 10. The van der Waals surface area contributed by atoms with E-state index in [0.717, 1.165) is 5.56 Å². The second-order valence-electron chi connectivity index (χ2n) is 5.78. The first-order chi connectivity index (χ1) is 13.9. The number of ether oxygens (including phenoxy) is 3. The van der Waals surface area contributed by atoms with E-state index in [1.54, 1.807) is 19.1 Å². The molecule has 1 N–H and O–H groups in total. The van der Waals surface area contributed by atoms with Crippen LogP contribution in [0.4, 0.5) is 0 Å². The molecule has 0 radical (unpaired) electrons. The van der Waals surface area contributed by atoms with Crippen LogP contribution in [0.2, 0.25) is 10.0 Å². The molecule has 0 atom stereocenters. The van der Waals surface area contributed by atoms with Crippen molar-refractivity contribution in [2.75, 3.05) is 19.8 Å². The first kappa shape index (κ1) is 23.5. The quantitative estimate of drug-likeness (QED) is 0.178. The van der Waals surface area contributed by atoms with Gasteiger partial charge in [0.25, 0.3) is 0 Å². The SMILES string of the molecule is CC(=NO)c1ccc(OCCCOc2c(Cl)cc(OCC=C(Cl)Cl)cc2Cl)cc1. The average molecular weight is 479 g/mol. The summed E-state index contributed by atoms with van der Waals surface area (Å²) in [4.78, 5) is 0. The van der Waals surface area contributed by atoms with Gasteiger partial charge in [0.05, 0.1) is 29.0 Å². The highest BCUT2D eigenvalue weighted by Gasteiger charge is 2.10. The lowest BCUT2D eigenvalue weighted by atomic mass is 10.1. The summed E-state index contributed by atoms with van der Waals surface area (Å²) in [6.07, 6.45) is 2.13. The van der Waals surface area contributed by atoms with Gasteiger partial charge in [-0.2, -0.15) is 0 Å². The lowest BCUT2D eigenvalue weighted by molar-refractivity contribution is 0.247. The lowest BCUT2D eigenvalue weighted by Crippen LogP contribution is -2.06. The Bertz CT molecular complexity index is 842. The van der Waals surface area contributed by atoms with Crippen LogP contribution in [-0.4, -0.2) is 30.7 Å². The molecular formula is C20H19Cl4NO4. The molecule has 0 fully saturated rings. The van der Waals surface area contributed by atoms with Crippen LogP contribution in [0.1, 0.15) is 18.9 Å². The van der Waals surface area contributed by atoms with Gasteiger partial charge in [0, 0.05) is 18.6 Å². The van der Waals surface area contributed by atoms with Gasteiger partial charge in [0.15, 0.2) is 5.75 Å². The Hall–Kier alpha value is -1.79. The van der Waals surface area contributed by atoms with Gasteiger partial charge >= 0.3 is 0 Å². The Kier molecular flexibility index (Phi) is 9.74. The standard InChI is InChI=1S/C20H19Cl4NO4/c1-13(25-26)14-3-5-15(6-4-14)27-8-2-9-29-20-17(21)11-16(12-18(20)22)28-10-7-19(23)24/h3-7,11-12,26H,2,8-10H2,1H3. The van der Waals surface area contributed by atoms with Crippen LogP contribution in [0.5, 0.6) is 17.2 Å². The topological polar surface area (TPSA) is 60.3 Å². The zero-order valence-electron chi connectivity index (χ0n) is 15.5. The molecular weight excluding hydrogens is 460 g/mol. The van der Waals surface area contributed by atoms with Gasteiger partial charge in [-0.15, -0.1) is 0 Å². The van der Waals surface area contributed by atoms with E-state index in [1.807, 2.05) is 24.3 Å². The number of oxime groups is 1. The van der Waals surface area contributed by atoms with E-state index < -0.39 is 0 Å². The summed E-state index contributed by atoms with van der Waals surface area (Å²) in [5, 5.41) is 12.6. The molecule has 0 aliphatic carbocycles. The van der Waals surface area contributed by atoms with Crippen molar-refractivity contribution < 1.29 is 19.4 Å². The molecule has 5 nitrogen and oxygen atoms in total. The van der Waals surface area contributed by atoms with Gasteiger partial charge in [-0.3, -0.25) is 0 Å². The monoisotopic (exact) mass is 477 g/mol. The van der Waals surface area contributed by atoms with Crippen molar-refractivity contribution in [2.45, 2.75) is 13.3 Å². The predicted octanol–water partition coefficient (Wildman–Crippen LogP) is 6.74. The highest BCUT2D eigenvalue weighted by Crippen LogP contribution is 2.37. The van der Waals surface area contributed by atoms with Gasteiger partial charge < -0.3 is 19.4 Å². The van der Waals surface area contributed by atoms with E-state index in [2.05, 4.69) is 5.16 Å². The fourth-order valence-corrected chi connectivity index (χ4v) is 2.93. The molecule has 0 heterocycles. The van der Waals surface area contributed by atoms with E-state index in [1.165, 1.54) is 6.08 Å². The van der Waals surface area contributed by atoms with Crippen LogP contribution in [0, 0.1) is 0 Å². The molecule has 0 saturated heterocycles. The minimum Gasteiger partial charge on any atom is -0.493 e. The Morgan fingerprint density at radius 3 is 2.17 bits per heavy atom. The maximum Gasteiger partial charge on any atom is 0.156 e. The van der Waals surface area contributed by atoms with E-state index in [4.69, 9.17) is 65.8 Å². The molecule has 2 aromatic carbocycles. The molecule has 0 aliphatic rings. The molecule has 0 aromatic heterocycles. The minimum atomic E-state index is 0.120. The summed E-state index contributed by atoms with van der Waals surface area (Å²) in [6.45, 7) is 2.74. The summed E-state index contributed by atoms with van der Waals surface area (Å²) in [6, 6.07) is 10.5. The first-order valence-corrected chi connectivity index (χ1v) is 10.1. The fraction of sp³-hybridized carbons (Fsp3) is 0.250. The molecule has 0 spiro atoms. The average Bonchev–Trinajstić information content (AvgIpc) is 2.69. The third-order valence-electron chi connectivity index (χ3n) is 3.69. The zero-order valence-corrected chi connectivity index (χ0v) is 18.5. The number of hydrogen-bond donors (Lipinski definition) is 1. The summed E-state index contributed by atoms with van der Waals surface area (Å²) in [5.74, 6) is 1.57. The van der Waals surface area contributed by atoms with Crippen molar-refractivity contribution >= 4 is 52.1 Å². The number of hydrogen-bond acceptors (Lipinski definition) is 5. The Morgan fingerprint density at radius 2 is 1.59 bits per heavy atom. The van der Waals surface area contributed by atoms with Crippen molar-refractivity contribution in [1.29, 1.82) is 0 Å². The summed E-state index contributed by atoms with van der Waals surface area (Å²) < 4.78 is 16.9. The molecule has 0 unspecified atom stereocenters. The Labute approximate surface area is 189 Å². The number of nitrogens with zero attached hydrogens (tertiary/aromatic N) is 1. The molecule has 0 bridgehead atoms. The van der Waals surface area contributed by atoms with Gasteiger partial charge in [-0.25, -0.2) is 0 Å². The van der Waals surface area contributed by atoms with Crippen LogP contribution in [-0.2, 0) is 0 Å². The van der Waals surface area contributed by atoms with E-state index in [-0.39, 0.29) is 11.1 Å². The molecule has 2 rings (SSSR count). The van der Waals surface area contributed by atoms with Crippen molar-refractivity contribution in [3.05, 3.63) is 62.6 Å². The molecule has 0 aliphatic heterocycles. The van der Waals surface area contributed by atoms with Crippen LogP contribution in [0.15, 0.2) is 52.1 Å². The third kappa shape index (κ3) is 7.86. The maximum atomic E-state index is 8.77. The van der Waals surface area contributed by atoms with Crippen LogP contribution < -0.4 is 14.2 Å². The summed E-state index contributed by atoms with van der Waals surface area (Å²) >= 11 is 23.5. The van der Waals surface area contributed by atoms with Gasteiger partial charge in [0.2, 0.25) is 0 Å². The summed E-state index contributed by atoms with van der Waals surface area (Å²) in [5.41, 5.74) is 1.36. The number of benzene rings is 2. The van der Waals surface area contributed by atoms with E-state index in [9.17, 15) is 0 Å². The van der Waals surface area contributed by atoms with Gasteiger partial charge in [0.1, 0.15) is 22.6 Å². The van der Waals surface area contributed by atoms with Gasteiger partial charge in [-0.1, -0.05) is 51.6 Å². The molecule has 9 heteroatoms. The Morgan fingerprint density at radius 1 is 0.966 bits per heavy atom. The highest BCUT2D eigenvalue weighted by atomic mass is 35.5. The second kappa shape index (κ2) is 12.0. The first-order valence-electron chi connectivity index (χ1n) is 8.58. The van der Waals surface area contributed by atoms with Crippen molar-refractivity contribution in [3.63, 3.8) is 0 Å².